The highest BCUT2D eigenvalue weighted by Crippen LogP contribution is 2.67. The van der Waals surface area contributed by atoms with E-state index in [2.05, 4.69) is 504 Å². The highest BCUT2D eigenvalue weighted by Gasteiger charge is 2.54. The number of hydrogen-bond donors (Lipinski definition) is 0. The summed E-state index contributed by atoms with van der Waals surface area (Å²) < 4.78 is 5.06. The van der Waals surface area contributed by atoms with Crippen LogP contribution in [0.1, 0.15) is 44.5 Å². The van der Waals surface area contributed by atoms with E-state index in [9.17, 15) is 0 Å². The van der Waals surface area contributed by atoms with Crippen LogP contribution >= 0.6 is 0 Å². The second-order valence-corrected chi connectivity index (χ2v) is 35.2. The van der Waals surface area contributed by atoms with Gasteiger partial charge in [0.1, 0.15) is 0 Å². The Hall–Kier alpha value is -16.9. The number of anilines is 6. The summed E-state index contributed by atoms with van der Waals surface area (Å²) in [5, 5.41) is 7.37. The van der Waals surface area contributed by atoms with Gasteiger partial charge in [-0.15, -0.1) is 0 Å². The van der Waals surface area contributed by atoms with E-state index in [1.54, 1.807) is 0 Å². The van der Waals surface area contributed by atoms with Gasteiger partial charge in [0.15, 0.2) is 0 Å². The second-order valence-electron chi connectivity index (χ2n) is 35.2. The van der Waals surface area contributed by atoms with Gasteiger partial charge in [0, 0.05) is 67.0 Å². The fourth-order valence-corrected chi connectivity index (χ4v) is 23.2. The standard InChI is InChI=1S/C126H80N4/c1-5-27-81(28-6-1)83-51-61-97(62-52-83)128(95-38-11-4-12-39-95)98-65-55-85(56-66-98)91-60-72-118-108(80-91)124-120(130(118)100-67-57-82-29-13-14-30-88(82)76-100)74-70-116-122(124)105-45-19-24-50-113(105)126(116)111-48-22-17-43-103(111)106-78-92(58-68-114(106)126)87-32-25-31-86(75-87)89-33-26-40-99(77-89)129-117-71-59-90(84-53-63-96(64-54-84)127(93-34-7-2-8-35-93)94-36-9-3-10-37-94)79-107(117)123-119(129)73-69-115-121(123)104-44-18-23-49-112(104)125(115)109-46-20-15-41-101(109)102-42-16-21-47-110(102)125/h1-80H. The van der Waals surface area contributed by atoms with E-state index in [1.807, 2.05) is 0 Å². The lowest BCUT2D eigenvalue weighted by atomic mass is 9.70. The molecule has 4 aliphatic carbocycles. The monoisotopic (exact) mass is 1650 g/mol. The first-order chi connectivity index (χ1) is 64.5. The molecule has 4 aliphatic rings. The Morgan fingerprint density at radius 2 is 0.462 bits per heavy atom. The summed E-state index contributed by atoms with van der Waals surface area (Å²) in [7, 11) is 0. The molecule has 4 nitrogen and oxygen atoms in total. The van der Waals surface area contributed by atoms with Crippen molar-refractivity contribution in [3.63, 3.8) is 0 Å². The van der Waals surface area contributed by atoms with Gasteiger partial charge in [-0.1, -0.05) is 340 Å². The highest BCUT2D eigenvalue weighted by atomic mass is 15.1. The van der Waals surface area contributed by atoms with Crippen LogP contribution in [0, 0.1) is 0 Å². The molecule has 0 aliphatic heterocycles. The van der Waals surface area contributed by atoms with Gasteiger partial charge in [0.25, 0.3) is 0 Å². The molecule has 0 saturated carbocycles. The number of nitrogens with zero attached hydrogens (tertiary/aromatic N) is 4. The van der Waals surface area contributed by atoms with E-state index in [0.29, 0.717) is 0 Å². The first-order valence-corrected chi connectivity index (χ1v) is 45.2. The molecule has 27 rings (SSSR count). The van der Waals surface area contributed by atoms with E-state index in [1.165, 1.54) is 149 Å². The molecule has 0 N–H and O–H groups in total. The van der Waals surface area contributed by atoms with Crippen LogP contribution in [0.5, 0.6) is 0 Å². The minimum atomic E-state index is -0.615. The van der Waals surface area contributed by atoms with Crippen molar-refractivity contribution in [2.24, 2.45) is 0 Å². The summed E-state index contributed by atoms with van der Waals surface area (Å²) in [6, 6.07) is 182. The van der Waals surface area contributed by atoms with Crippen molar-refractivity contribution in [3.8, 4) is 112 Å². The van der Waals surface area contributed by atoms with Crippen molar-refractivity contribution in [2.45, 2.75) is 10.8 Å². The first-order valence-electron chi connectivity index (χ1n) is 45.2. The fraction of sp³-hybridized carbons (Fsp3) is 0.0159. The topological polar surface area (TPSA) is 16.3 Å². The Labute approximate surface area is 754 Å². The van der Waals surface area contributed by atoms with Gasteiger partial charge in [-0.05, 0) is 301 Å². The van der Waals surface area contributed by atoms with Gasteiger partial charge in [0.2, 0.25) is 0 Å². The Balaban J connectivity index is 0.582. The zero-order valence-electron chi connectivity index (χ0n) is 71.0. The lowest BCUT2D eigenvalue weighted by Gasteiger charge is -2.30. The van der Waals surface area contributed by atoms with Crippen LogP contribution in [0.4, 0.5) is 34.1 Å². The Bertz CT molecular complexity index is 8490. The highest BCUT2D eigenvalue weighted by molar-refractivity contribution is 6.22. The maximum absolute atomic E-state index is 2.54. The van der Waals surface area contributed by atoms with Crippen molar-refractivity contribution in [1.82, 2.24) is 9.13 Å². The van der Waals surface area contributed by atoms with E-state index >= 15 is 0 Å². The van der Waals surface area contributed by atoms with Gasteiger partial charge >= 0.3 is 0 Å². The molecule has 1 unspecified atom stereocenters. The second kappa shape index (κ2) is 28.8. The molecular formula is C126H80N4. The molecule has 4 heteroatoms. The average Bonchev–Trinajstić information content (AvgIpc) is 1.50. The molecule has 130 heavy (non-hydrogen) atoms. The van der Waals surface area contributed by atoms with Crippen LogP contribution in [-0.2, 0) is 10.8 Å². The summed E-state index contributed by atoms with van der Waals surface area (Å²) in [5.74, 6) is 0. The Morgan fingerprint density at radius 1 is 0.162 bits per heavy atom. The quantitative estimate of drug-likeness (QED) is 0.114. The summed E-state index contributed by atoms with van der Waals surface area (Å²) >= 11 is 0. The molecule has 0 amide bonds. The number of rotatable bonds is 13. The van der Waals surface area contributed by atoms with Gasteiger partial charge in [-0.3, -0.25) is 0 Å². The van der Waals surface area contributed by atoms with Crippen LogP contribution in [0.2, 0.25) is 0 Å². The van der Waals surface area contributed by atoms with Crippen molar-refractivity contribution in [1.29, 1.82) is 0 Å². The molecular weight excluding hydrogens is 1570 g/mol. The fourth-order valence-electron chi connectivity index (χ4n) is 23.2. The van der Waals surface area contributed by atoms with Crippen molar-refractivity contribution >= 4 is 88.5 Å². The lowest BCUT2D eigenvalue weighted by Crippen LogP contribution is -2.25. The third kappa shape index (κ3) is 10.8. The Morgan fingerprint density at radius 3 is 0.931 bits per heavy atom. The molecule has 2 spiro atoms. The summed E-state index contributed by atoms with van der Waals surface area (Å²) in [5.41, 5.74) is 44.8. The van der Waals surface area contributed by atoms with Crippen LogP contribution in [0.15, 0.2) is 485 Å². The van der Waals surface area contributed by atoms with Crippen molar-refractivity contribution in [2.75, 3.05) is 9.80 Å². The van der Waals surface area contributed by atoms with Crippen molar-refractivity contribution in [3.05, 3.63) is 530 Å². The van der Waals surface area contributed by atoms with Gasteiger partial charge in [0.05, 0.1) is 32.9 Å². The number of fused-ring (bicyclic) bond motifs is 29. The van der Waals surface area contributed by atoms with E-state index in [0.717, 1.165) is 95.5 Å². The van der Waals surface area contributed by atoms with Crippen LogP contribution in [-0.4, -0.2) is 9.13 Å². The zero-order valence-corrected chi connectivity index (χ0v) is 71.0. The lowest BCUT2D eigenvalue weighted by molar-refractivity contribution is 0.794. The molecule has 1 atom stereocenters. The van der Waals surface area contributed by atoms with Crippen LogP contribution < -0.4 is 9.80 Å². The maximum atomic E-state index is 2.54. The third-order valence-corrected chi connectivity index (χ3v) is 28.7. The third-order valence-electron chi connectivity index (χ3n) is 28.7. The van der Waals surface area contributed by atoms with E-state index in [-0.39, 0.29) is 0 Å². The summed E-state index contributed by atoms with van der Waals surface area (Å²) in [6.07, 6.45) is 0. The molecule has 0 bridgehead atoms. The minimum Gasteiger partial charge on any atom is -0.311 e. The number of hydrogen-bond acceptors (Lipinski definition) is 2. The zero-order chi connectivity index (χ0) is 85.3. The number of benzene rings is 21. The predicted molar refractivity (Wildman–Crippen MR) is 542 cm³/mol. The maximum Gasteiger partial charge on any atom is 0.0725 e. The number of aromatic nitrogens is 2. The van der Waals surface area contributed by atoms with Crippen molar-refractivity contribution < 1.29 is 0 Å². The van der Waals surface area contributed by atoms with E-state index in [4.69, 9.17) is 0 Å². The normalized spacial score (nSPS) is 13.8. The molecule has 23 aromatic rings. The van der Waals surface area contributed by atoms with Crippen LogP contribution in [0.3, 0.4) is 0 Å². The molecule has 2 aromatic heterocycles. The largest absolute Gasteiger partial charge is 0.311 e. The average molecular weight is 1650 g/mol. The Kier molecular flexibility index (Phi) is 16.3. The van der Waals surface area contributed by atoms with Gasteiger partial charge < -0.3 is 18.9 Å². The molecule has 2 heterocycles. The smallest absolute Gasteiger partial charge is 0.0725 e. The molecule has 0 saturated heterocycles. The first kappa shape index (κ1) is 73.4. The van der Waals surface area contributed by atoms with Gasteiger partial charge in [-0.25, -0.2) is 0 Å². The summed E-state index contributed by atoms with van der Waals surface area (Å²) in [6.45, 7) is 0. The molecule has 0 radical (unpaired) electrons. The van der Waals surface area contributed by atoms with Gasteiger partial charge in [-0.2, -0.15) is 0 Å². The molecule has 0 fully saturated rings. The minimum absolute atomic E-state index is 0.508. The number of para-hydroxylation sites is 3. The predicted octanol–water partition coefficient (Wildman–Crippen LogP) is 33.0. The van der Waals surface area contributed by atoms with Crippen LogP contribution in [0.25, 0.3) is 166 Å². The summed E-state index contributed by atoms with van der Waals surface area (Å²) in [4.78, 5) is 4.69. The molecule has 604 valence electrons. The SMILES string of the molecule is c1ccc(-c2ccc(N(c3ccccc3)c3ccc(-c4ccc5c(c4)c4c6c(ccc4n5-c4ccc5ccccc5c4)C4(c5ccccc5-c5cc(-c7cccc(-c8cccc(-n9c%10ccc(-c%11ccc(N(c%12ccccc%12)c%12ccccc%12)cc%11)cc%10c%10c%11c(ccc%109)C9(c%10ccccc%10-c%10ccccc%109)c9ccccc9-%11)c8)c7)ccc54)c4ccccc4-6)cc3)cc2)cc1. The van der Waals surface area contributed by atoms with E-state index < -0.39 is 10.8 Å². The molecule has 21 aromatic carbocycles.